The number of benzene rings is 1. The lowest BCUT2D eigenvalue weighted by molar-refractivity contribution is 0.614. The molecule has 7 heteroatoms. The maximum Gasteiger partial charge on any atom is 0.250 e. The Hall–Kier alpha value is -1.48. The molecule has 2 N–H and O–H groups in total. The van der Waals surface area contributed by atoms with Crippen molar-refractivity contribution in [3.05, 3.63) is 70.1 Å². The molecule has 1 aliphatic rings. The molecule has 3 rings (SSSR count). The van der Waals surface area contributed by atoms with Crippen LogP contribution in [-0.2, 0) is 13.1 Å². The number of thioether (sulfide) groups is 1. The topological polar surface area (TPSA) is 58.4 Å². The van der Waals surface area contributed by atoms with E-state index in [1.807, 2.05) is 31.1 Å². The van der Waals surface area contributed by atoms with Gasteiger partial charge in [0.2, 0.25) is 0 Å². The van der Waals surface area contributed by atoms with Gasteiger partial charge in [0, 0.05) is 37.1 Å². The molecule has 5 nitrogen and oxygen atoms in total. The highest BCUT2D eigenvalue weighted by Crippen LogP contribution is 2.28. The third kappa shape index (κ3) is 6.55. The van der Waals surface area contributed by atoms with E-state index in [0.717, 1.165) is 23.3 Å². The molecule has 0 aliphatic heterocycles. The van der Waals surface area contributed by atoms with Crippen LogP contribution in [0.25, 0.3) is 0 Å². The van der Waals surface area contributed by atoms with Crippen LogP contribution in [0.3, 0.4) is 0 Å². The number of hydrogen-bond donors (Lipinski definition) is 2. The number of halogens is 1. The first-order valence-corrected chi connectivity index (χ1v) is 10.7. The normalized spacial score (nSPS) is 19.1. The zero-order valence-electron chi connectivity index (χ0n) is 16.4. The minimum absolute atomic E-state index is 0. The van der Waals surface area contributed by atoms with E-state index in [-0.39, 0.29) is 29.5 Å². The van der Waals surface area contributed by atoms with Crippen LogP contribution < -0.4 is 16.2 Å². The minimum Gasteiger partial charge on any atom is -0.354 e. The Morgan fingerprint density at radius 1 is 1.18 bits per heavy atom. The molecule has 2 unspecified atom stereocenters. The van der Waals surface area contributed by atoms with Gasteiger partial charge in [-0.15, -0.1) is 24.0 Å². The van der Waals surface area contributed by atoms with E-state index in [0.29, 0.717) is 12.6 Å². The number of rotatable bonds is 6. The molecule has 0 spiro atoms. The molecule has 1 heterocycles. The Morgan fingerprint density at radius 2 is 1.93 bits per heavy atom. The summed E-state index contributed by atoms with van der Waals surface area (Å²) in [4.78, 5) is 16.2. The summed E-state index contributed by atoms with van der Waals surface area (Å²) < 4.78 is 1.71. The van der Waals surface area contributed by atoms with Gasteiger partial charge < -0.3 is 15.2 Å². The van der Waals surface area contributed by atoms with Crippen molar-refractivity contribution in [1.29, 1.82) is 0 Å². The Labute approximate surface area is 188 Å². The van der Waals surface area contributed by atoms with Crippen molar-refractivity contribution in [3.63, 3.8) is 0 Å². The fourth-order valence-corrected chi connectivity index (χ4v) is 4.21. The van der Waals surface area contributed by atoms with Gasteiger partial charge in [0.15, 0.2) is 5.96 Å². The molecule has 1 fully saturated rings. The Balaban J connectivity index is 0.00000280. The van der Waals surface area contributed by atoms with Crippen LogP contribution in [0.5, 0.6) is 0 Å². The lowest BCUT2D eigenvalue weighted by Crippen LogP contribution is -2.42. The van der Waals surface area contributed by atoms with Gasteiger partial charge in [0.05, 0.1) is 6.54 Å². The number of aliphatic imine (C=N–C) groups is 1. The highest BCUT2D eigenvalue weighted by molar-refractivity contribution is 14.0. The summed E-state index contributed by atoms with van der Waals surface area (Å²) in [6.07, 6.45) is 7.70. The summed E-state index contributed by atoms with van der Waals surface area (Å²) in [5, 5.41) is 7.71. The van der Waals surface area contributed by atoms with Crippen LogP contribution in [0.4, 0.5) is 0 Å². The third-order valence-corrected chi connectivity index (χ3v) is 6.11. The average Bonchev–Trinajstić information content (AvgIpc) is 3.15. The van der Waals surface area contributed by atoms with Crippen molar-refractivity contribution < 1.29 is 0 Å². The van der Waals surface area contributed by atoms with Gasteiger partial charge in [-0.3, -0.25) is 9.79 Å². The lowest BCUT2D eigenvalue weighted by Gasteiger charge is -2.17. The summed E-state index contributed by atoms with van der Waals surface area (Å²) >= 11 is 1.96. The van der Waals surface area contributed by atoms with Crippen LogP contribution in [0.15, 0.2) is 58.4 Å². The number of guanidine groups is 1. The molecule has 1 saturated carbocycles. The molecule has 0 radical (unpaired) electrons. The predicted octanol–water partition coefficient (Wildman–Crippen LogP) is 3.46. The summed E-state index contributed by atoms with van der Waals surface area (Å²) in [7, 11) is 1.82. The molecule has 1 aliphatic carbocycles. The van der Waals surface area contributed by atoms with E-state index in [1.165, 1.54) is 24.8 Å². The second kappa shape index (κ2) is 11.5. The van der Waals surface area contributed by atoms with Crippen molar-refractivity contribution in [2.75, 3.05) is 13.3 Å². The maximum atomic E-state index is 11.8. The van der Waals surface area contributed by atoms with Gasteiger partial charge in [0.1, 0.15) is 0 Å². The molecule has 0 amide bonds. The van der Waals surface area contributed by atoms with Gasteiger partial charge in [0.25, 0.3) is 5.56 Å². The van der Waals surface area contributed by atoms with Crippen LogP contribution in [-0.4, -0.2) is 35.1 Å². The number of aromatic nitrogens is 1. The van der Waals surface area contributed by atoms with Crippen LogP contribution >= 0.6 is 35.7 Å². The Bertz CT molecular complexity index is 822. The summed E-state index contributed by atoms with van der Waals surface area (Å²) in [6, 6.07) is 14.1. The van der Waals surface area contributed by atoms with Gasteiger partial charge in [-0.25, -0.2) is 0 Å². The van der Waals surface area contributed by atoms with E-state index < -0.39 is 0 Å². The van der Waals surface area contributed by atoms with Crippen LogP contribution in [0, 0.1) is 0 Å². The molecular formula is C21H29IN4OS. The van der Waals surface area contributed by atoms with E-state index in [2.05, 4.69) is 46.1 Å². The Kier molecular flexibility index (Phi) is 9.37. The SMILES string of the molecule is CN=C(NCc1ccc(Cn2ccccc2=O)cc1)NC1CCC(SC)C1.I. The van der Waals surface area contributed by atoms with Crippen molar-refractivity contribution in [1.82, 2.24) is 15.2 Å². The van der Waals surface area contributed by atoms with E-state index in [4.69, 9.17) is 0 Å². The third-order valence-electron chi connectivity index (χ3n) is 5.02. The quantitative estimate of drug-likeness (QED) is 0.354. The van der Waals surface area contributed by atoms with Crippen molar-refractivity contribution in [2.45, 2.75) is 43.6 Å². The molecule has 152 valence electrons. The predicted molar refractivity (Wildman–Crippen MR) is 130 cm³/mol. The molecule has 1 aromatic heterocycles. The van der Waals surface area contributed by atoms with Gasteiger partial charge in [-0.1, -0.05) is 30.3 Å². The van der Waals surface area contributed by atoms with Crippen LogP contribution in [0.1, 0.15) is 30.4 Å². The smallest absolute Gasteiger partial charge is 0.250 e. The van der Waals surface area contributed by atoms with E-state index in [9.17, 15) is 4.79 Å². The summed E-state index contributed by atoms with van der Waals surface area (Å²) in [6.45, 7) is 1.32. The first-order valence-electron chi connectivity index (χ1n) is 9.41. The van der Waals surface area contributed by atoms with Crippen molar-refractivity contribution in [2.24, 2.45) is 4.99 Å². The van der Waals surface area contributed by atoms with Crippen LogP contribution in [0.2, 0.25) is 0 Å². The summed E-state index contributed by atoms with van der Waals surface area (Å²) in [5.74, 6) is 0.863. The zero-order valence-corrected chi connectivity index (χ0v) is 19.6. The molecule has 2 atom stereocenters. The molecule has 0 bridgehead atoms. The molecule has 28 heavy (non-hydrogen) atoms. The summed E-state index contributed by atoms with van der Waals surface area (Å²) in [5.41, 5.74) is 2.33. The molecule has 0 saturated heterocycles. The van der Waals surface area contributed by atoms with Gasteiger partial charge in [-0.2, -0.15) is 11.8 Å². The monoisotopic (exact) mass is 512 g/mol. The molecule has 2 aromatic rings. The fraction of sp³-hybridized carbons (Fsp3) is 0.429. The van der Waals surface area contributed by atoms with Gasteiger partial charge in [-0.05, 0) is 42.7 Å². The van der Waals surface area contributed by atoms with E-state index >= 15 is 0 Å². The lowest BCUT2D eigenvalue weighted by atomic mass is 10.1. The fourth-order valence-electron chi connectivity index (χ4n) is 3.41. The second-order valence-corrected chi connectivity index (χ2v) is 8.06. The zero-order chi connectivity index (χ0) is 19.1. The minimum atomic E-state index is 0. The number of nitrogens with one attached hydrogen (secondary N) is 2. The molecular weight excluding hydrogens is 483 g/mol. The Morgan fingerprint density at radius 3 is 2.57 bits per heavy atom. The highest BCUT2D eigenvalue weighted by atomic mass is 127. The number of pyridine rings is 1. The van der Waals surface area contributed by atoms with Gasteiger partial charge >= 0.3 is 0 Å². The number of nitrogens with zero attached hydrogens (tertiary/aromatic N) is 2. The second-order valence-electron chi connectivity index (χ2n) is 6.92. The highest BCUT2D eigenvalue weighted by Gasteiger charge is 2.24. The standard InChI is InChI=1S/C21H28N4OS.HI/c1-22-21(24-18-10-11-19(13-18)27-2)23-14-16-6-8-17(9-7-16)15-25-12-4-3-5-20(25)26;/h3-9,12,18-19H,10-11,13-15H2,1-2H3,(H2,22,23,24);1H. The maximum absolute atomic E-state index is 11.8. The first-order chi connectivity index (χ1) is 13.2. The first kappa shape index (κ1) is 22.8. The number of hydrogen-bond acceptors (Lipinski definition) is 3. The molecule has 1 aromatic carbocycles. The largest absolute Gasteiger partial charge is 0.354 e. The van der Waals surface area contributed by atoms with E-state index in [1.54, 1.807) is 16.7 Å². The van der Waals surface area contributed by atoms with Crippen molar-refractivity contribution in [3.8, 4) is 0 Å². The average molecular weight is 512 g/mol. The van der Waals surface area contributed by atoms with Crippen molar-refractivity contribution >= 4 is 41.7 Å².